The summed E-state index contributed by atoms with van der Waals surface area (Å²) in [6.07, 6.45) is 4.00. The van der Waals surface area contributed by atoms with Crippen LogP contribution in [0.1, 0.15) is 38.2 Å². The number of carbonyl (C=O) groups excluding carboxylic acids is 1. The molecule has 0 saturated heterocycles. The Labute approximate surface area is 172 Å². The van der Waals surface area contributed by atoms with Gasteiger partial charge in [0.25, 0.3) is 0 Å². The number of hydrogen-bond donors (Lipinski definition) is 2. The summed E-state index contributed by atoms with van der Waals surface area (Å²) in [5.41, 5.74) is 0.605. The highest BCUT2D eigenvalue weighted by molar-refractivity contribution is 14.0. The summed E-state index contributed by atoms with van der Waals surface area (Å²) in [5.74, 6) is 0.625. The zero-order chi connectivity index (χ0) is 18.3. The Hall–Kier alpha value is -1.38. The minimum absolute atomic E-state index is 0. The van der Waals surface area contributed by atoms with Gasteiger partial charge in [0, 0.05) is 27.2 Å². The number of nitrogens with zero attached hydrogens (tertiary/aromatic N) is 2. The average Bonchev–Trinajstić information content (AvgIpc) is 3.08. The summed E-state index contributed by atoms with van der Waals surface area (Å²) >= 11 is 0. The van der Waals surface area contributed by atoms with E-state index in [0.717, 1.165) is 37.8 Å². The summed E-state index contributed by atoms with van der Waals surface area (Å²) in [5, 5.41) is 6.55. The number of rotatable bonds is 6. The average molecular weight is 476 g/mol. The van der Waals surface area contributed by atoms with Crippen molar-refractivity contribution in [2.45, 2.75) is 39.2 Å². The molecule has 0 unspecified atom stereocenters. The molecular formula is C19H30FIN4O. The summed E-state index contributed by atoms with van der Waals surface area (Å²) in [7, 11) is 3.63. The van der Waals surface area contributed by atoms with Crippen molar-refractivity contribution in [2.24, 2.45) is 10.4 Å². The van der Waals surface area contributed by atoms with Crippen LogP contribution in [0.3, 0.4) is 0 Å². The fourth-order valence-corrected chi connectivity index (χ4v) is 3.35. The molecular weight excluding hydrogens is 446 g/mol. The third-order valence-corrected chi connectivity index (χ3v) is 4.69. The van der Waals surface area contributed by atoms with Gasteiger partial charge in [-0.1, -0.05) is 25.0 Å². The van der Waals surface area contributed by atoms with Gasteiger partial charge in [-0.3, -0.25) is 4.79 Å². The second-order valence-electron chi connectivity index (χ2n) is 6.86. The zero-order valence-corrected chi connectivity index (χ0v) is 18.2. The van der Waals surface area contributed by atoms with Crippen molar-refractivity contribution in [3.05, 3.63) is 35.6 Å². The number of nitrogens with one attached hydrogen (secondary N) is 2. The highest BCUT2D eigenvalue weighted by Crippen LogP contribution is 2.38. The second kappa shape index (κ2) is 10.7. The van der Waals surface area contributed by atoms with Crippen LogP contribution in [0.4, 0.5) is 4.39 Å². The zero-order valence-electron chi connectivity index (χ0n) is 15.8. The third kappa shape index (κ3) is 6.10. The van der Waals surface area contributed by atoms with Crippen molar-refractivity contribution in [3.8, 4) is 0 Å². The minimum atomic E-state index is -0.338. The lowest BCUT2D eigenvalue weighted by Gasteiger charge is -2.31. The summed E-state index contributed by atoms with van der Waals surface area (Å²) in [4.78, 5) is 18.9. The van der Waals surface area contributed by atoms with Gasteiger partial charge in [-0.2, -0.15) is 0 Å². The van der Waals surface area contributed by atoms with Crippen LogP contribution in [-0.4, -0.2) is 44.0 Å². The van der Waals surface area contributed by atoms with E-state index in [9.17, 15) is 9.18 Å². The number of guanidine groups is 1. The van der Waals surface area contributed by atoms with E-state index in [1.807, 2.05) is 21.0 Å². The SMILES string of the molecule is CCNC(=NCc1ccc(F)cc1)NCC1(C(=O)N(C)C)CCCC1.I. The van der Waals surface area contributed by atoms with Crippen molar-refractivity contribution >= 4 is 35.8 Å². The lowest BCUT2D eigenvalue weighted by molar-refractivity contribution is -0.138. The molecule has 0 aromatic heterocycles. The van der Waals surface area contributed by atoms with Gasteiger partial charge >= 0.3 is 0 Å². The van der Waals surface area contributed by atoms with Crippen LogP contribution in [-0.2, 0) is 11.3 Å². The van der Waals surface area contributed by atoms with E-state index >= 15 is 0 Å². The van der Waals surface area contributed by atoms with Gasteiger partial charge in [-0.25, -0.2) is 9.38 Å². The quantitative estimate of drug-likeness (QED) is 0.377. The molecule has 1 aromatic rings. The van der Waals surface area contributed by atoms with E-state index in [2.05, 4.69) is 15.6 Å². The maximum atomic E-state index is 13.0. The molecule has 1 fully saturated rings. The van der Waals surface area contributed by atoms with Crippen molar-refractivity contribution < 1.29 is 9.18 Å². The lowest BCUT2D eigenvalue weighted by Crippen LogP contribution is -2.49. The summed E-state index contributed by atoms with van der Waals surface area (Å²) in [6.45, 7) is 3.79. The number of aliphatic imine (C=N–C) groups is 1. The highest BCUT2D eigenvalue weighted by Gasteiger charge is 2.42. The Kier molecular flexibility index (Phi) is 9.32. The molecule has 1 aliphatic rings. The Morgan fingerprint density at radius 3 is 2.35 bits per heavy atom. The first-order valence-electron chi connectivity index (χ1n) is 8.95. The molecule has 146 valence electrons. The van der Waals surface area contributed by atoms with Gasteiger partial charge in [-0.15, -0.1) is 24.0 Å². The van der Waals surface area contributed by atoms with Gasteiger partial charge in [-0.05, 0) is 37.5 Å². The Morgan fingerprint density at radius 1 is 1.19 bits per heavy atom. The molecule has 1 aromatic carbocycles. The minimum Gasteiger partial charge on any atom is -0.357 e. The maximum absolute atomic E-state index is 13.0. The molecule has 0 aliphatic heterocycles. The van der Waals surface area contributed by atoms with Gasteiger partial charge in [0.05, 0.1) is 12.0 Å². The fourth-order valence-electron chi connectivity index (χ4n) is 3.35. The highest BCUT2D eigenvalue weighted by atomic mass is 127. The first kappa shape index (κ1) is 22.7. The maximum Gasteiger partial charge on any atom is 0.230 e. The summed E-state index contributed by atoms with van der Waals surface area (Å²) in [6, 6.07) is 6.34. The van der Waals surface area contributed by atoms with Crippen LogP contribution < -0.4 is 10.6 Å². The Balaban J connectivity index is 0.00000338. The number of amides is 1. The lowest BCUT2D eigenvalue weighted by atomic mass is 9.84. The largest absolute Gasteiger partial charge is 0.357 e. The molecule has 1 saturated carbocycles. The molecule has 1 aliphatic carbocycles. The molecule has 0 spiro atoms. The molecule has 5 nitrogen and oxygen atoms in total. The molecule has 0 atom stereocenters. The fraction of sp³-hybridized carbons (Fsp3) is 0.579. The molecule has 2 rings (SSSR count). The first-order valence-corrected chi connectivity index (χ1v) is 8.95. The van der Waals surface area contributed by atoms with Crippen molar-refractivity contribution in [1.29, 1.82) is 0 Å². The first-order chi connectivity index (χ1) is 12.0. The van der Waals surface area contributed by atoms with Crippen LogP contribution in [0.15, 0.2) is 29.3 Å². The van der Waals surface area contributed by atoms with Crippen LogP contribution >= 0.6 is 24.0 Å². The monoisotopic (exact) mass is 476 g/mol. The van der Waals surface area contributed by atoms with Crippen LogP contribution in [0.25, 0.3) is 0 Å². The second-order valence-corrected chi connectivity index (χ2v) is 6.86. The van der Waals surface area contributed by atoms with E-state index < -0.39 is 0 Å². The van der Waals surface area contributed by atoms with E-state index in [1.54, 1.807) is 17.0 Å². The van der Waals surface area contributed by atoms with E-state index in [1.165, 1.54) is 12.1 Å². The van der Waals surface area contributed by atoms with Crippen molar-refractivity contribution in [2.75, 3.05) is 27.2 Å². The molecule has 0 bridgehead atoms. The molecule has 2 N–H and O–H groups in total. The Bertz CT molecular complexity index is 598. The van der Waals surface area contributed by atoms with Gasteiger partial charge in [0.1, 0.15) is 5.82 Å². The standard InChI is InChI=1S/C19H29FN4O.HI/c1-4-21-18(22-13-15-7-9-16(20)10-8-15)23-14-19(11-5-6-12-19)17(25)24(2)3;/h7-10H,4-6,11-14H2,1-3H3,(H2,21,22,23);1H. The van der Waals surface area contributed by atoms with Crippen LogP contribution in [0.2, 0.25) is 0 Å². The predicted molar refractivity (Wildman–Crippen MR) is 114 cm³/mol. The molecule has 1 amide bonds. The molecule has 0 heterocycles. The summed E-state index contributed by atoms with van der Waals surface area (Å²) < 4.78 is 13.0. The van der Waals surface area contributed by atoms with Crippen LogP contribution in [0.5, 0.6) is 0 Å². The Morgan fingerprint density at radius 2 is 1.81 bits per heavy atom. The van der Waals surface area contributed by atoms with Crippen molar-refractivity contribution in [1.82, 2.24) is 15.5 Å². The van der Waals surface area contributed by atoms with Crippen molar-refractivity contribution in [3.63, 3.8) is 0 Å². The third-order valence-electron chi connectivity index (χ3n) is 4.69. The number of halogens is 2. The number of benzene rings is 1. The smallest absolute Gasteiger partial charge is 0.230 e. The van der Waals surface area contributed by atoms with E-state index in [4.69, 9.17) is 0 Å². The number of hydrogen-bond acceptors (Lipinski definition) is 2. The van der Waals surface area contributed by atoms with Crippen LogP contribution in [0, 0.1) is 11.2 Å². The molecule has 0 radical (unpaired) electrons. The molecule has 26 heavy (non-hydrogen) atoms. The normalized spacial score (nSPS) is 15.9. The van der Waals surface area contributed by atoms with Gasteiger partial charge in [0.15, 0.2) is 5.96 Å². The van der Waals surface area contributed by atoms with E-state index in [-0.39, 0.29) is 41.1 Å². The van der Waals surface area contributed by atoms with Gasteiger partial charge in [0.2, 0.25) is 5.91 Å². The van der Waals surface area contributed by atoms with E-state index in [0.29, 0.717) is 19.0 Å². The predicted octanol–water partition coefficient (Wildman–Crippen LogP) is 3.15. The number of carbonyl (C=O) groups is 1. The van der Waals surface area contributed by atoms with Gasteiger partial charge < -0.3 is 15.5 Å². The topological polar surface area (TPSA) is 56.7 Å². The molecule has 7 heteroatoms.